The molecule has 0 bridgehead atoms. The number of carboxylic acids is 1. The number of ether oxygens (including phenoxy) is 3. The van der Waals surface area contributed by atoms with Gasteiger partial charge in [-0.05, 0) is 69.4 Å². The van der Waals surface area contributed by atoms with Crippen molar-refractivity contribution in [2.24, 2.45) is 0 Å². The molecule has 0 aromatic heterocycles. The Morgan fingerprint density at radius 3 is 2.28 bits per heavy atom. The highest BCUT2D eigenvalue weighted by Gasteiger charge is 2.29. The zero-order valence-corrected chi connectivity index (χ0v) is 18.8. The zero-order chi connectivity index (χ0) is 21.1. The number of carbonyl (C=O) groups excluding carboxylic acids is 3. The number of carboxylic acid groups (broad SMARTS) is 1. The first-order valence-electron chi connectivity index (χ1n) is 8.16. The monoisotopic (exact) mass is 622 g/mol. The summed E-state index contributed by atoms with van der Waals surface area (Å²) in [5.41, 5.74) is -0.320. The van der Waals surface area contributed by atoms with Gasteiger partial charge in [0, 0.05) is 3.57 Å². The first-order valence-corrected chi connectivity index (χ1v) is 10.3. The van der Waals surface area contributed by atoms with Crippen molar-refractivity contribution in [3.8, 4) is 5.75 Å². The maximum Gasteiger partial charge on any atom is 0.344 e. The number of esters is 3. The van der Waals surface area contributed by atoms with Crippen molar-refractivity contribution in [3.05, 3.63) is 60.2 Å². The molecule has 1 atom stereocenters. The molecule has 1 aliphatic rings. The van der Waals surface area contributed by atoms with Crippen LogP contribution in [0.4, 0.5) is 0 Å². The molecule has 0 saturated carbocycles. The minimum atomic E-state index is -1.25. The SMILES string of the molecule is O=C1CC(OC(=O)c2ccccc2C(=O)Oc2c(I)cc(I)cc2C(=O)O)CO1. The van der Waals surface area contributed by atoms with Gasteiger partial charge in [0.25, 0.3) is 0 Å². The minimum absolute atomic E-state index is 0.0417. The van der Waals surface area contributed by atoms with Crippen molar-refractivity contribution < 1.29 is 38.5 Å². The molecule has 1 fully saturated rings. The van der Waals surface area contributed by atoms with Gasteiger partial charge in [-0.15, -0.1) is 0 Å². The number of carbonyl (C=O) groups is 4. The molecular formula is C19H12I2O8. The fourth-order valence-corrected chi connectivity index (χ4v) is 4.54. The standard InChI is InChI=1S/C19H12I2O8/c20-9-5-13(17(23)24)16(14(21)6-9)29-19(26)12-4-2-1-3-11(12)18(25)28-10-7-15(22)27-8-10/h1-6,10H,7-8H2,(H,23,24). The molecule has 1 aliphatic heterocycles. The average molecular weight is 622 g/mol. The van der Waals surface area contributed by atoms with Gasteiger partial charge in [0.2, 0.25) is 0 Å². The van der Waals surface area contributed by atoms with Gasteiger partial charge in [-0.2, -0.15) is 0 Å². The Morgan fingerprint density at radius 1 is 1.03 bits per heavy atom. The van der Waals surface area contributed by atoms with Crippen LogP contribution >= 0.6 is 45.2 Å². The van der Waals surface area contributed by atoms with Crippen LogP contribution < -0.4 is 4.74 Å². The molecule has 1 heterocycles. The zero-order valence-electron chi connectivity index (χ0n) is 14.5. The number of benzene rings is 2. The third-order valence-corrected chi connectivity index (χ3v) is 5.32. The smallest absolute Gasteiger partial charge is 0.344 e. The molecule has 1 saturated heterocycles. The molecule has 29 heavy (non-hydrogen) atoms. The third kappa shape index (κ3) is 5.04. The number of hydrogen-bond acceptors (Lipinski definition) is 7. The van der Waals surface area contributed by atoms with Crippen LogP contribution in [0.5, 0.6) is 5.75 Å². The molecule has 8 nitrogen and oxygen atoms in total. The predicted molar refractivity (Wildman–Crippen MR) is 115 cm³/mol. The van der Waals surface area contributed by atoms with Crippen molar-refractivity contribution >= 4 is 69.1 Å². The number of halogens is 2. The summed E-state index contributed by atoms with van der Waals surface area (Å²) in [4.78, 5) is 47.9. The molecule has 10 heteroatoms. The normalized spacial score (nSPS) is 15.5. The van der Waals surface area contributed by atoms with Crippen LogP contribution in [0.25, 0.3) is 0 Å². The van der Waals surface area contributed by atoms with Crippen molar-refractivity contribution in [2.45, 2.75) is 12.5 Å². The van der Waals surface area contributed by atoms with Gasteiger partial charge in [-0.3, -0.25) is 4.79 Å². The second-order valence-corrected chi connectivity index (χ2v) is 8.33. The first kappa shape index (κ1) is 21.5. The van der Waals surface area contributed by atoms with E-state index in [1.807, 2.05) is 45.2 Å². The third-order valence-electron chi connectivity index (χ3n) is 3.90. The van der Waals surface area contributed by atoms with Crippen molar-refractivity contribution in [1.82, 2.24) is 0 Å². The molecule has 3 rings (SSSR count). The summed E-state index contributed by atoms with van der Waals surface area (Å²) in [5, 5.41) is 9.41. The fraction of sp³-hybridized carbons (Fsp3) is 0.158. The van der Waals surface area contributed by atoms with Gasteiger partial charge in [0.15, 0.2) is 5.75 Å². The molecule has 0 amide bonds. The highest BCUT2D eigenvalue weighted by atomic mass is 127. The summed E-state index contributed by atoms with van der Waals surface area (Å²) in [6.45, 7) is -0.0417. The Hall–Kier alpha value is -2.22. The van der Waals surface area contributed by atoms with Crippen LogP contribution in [-0.4, -0.2) is 41.7 Å². The van der Waals surface area contributed by atoms with Gasteiger partial charge in [-0.25, -0.2) is 14.4 Å². The van der Waals surface area contributed by atoms with E-state index < -0.39 is 30.0 Å². The van der Waals surface area contributed by atoms with Crippen molar-refractivity contribution in [1.29, 1.82) is 0 Å². The summed E-state index contributed by atoms with van der Waals surface area (Å²) in [6.07, 6.45) is -0.781. The van der Waals surface area contributed by atoms with Crippen LogP contribution in [0.1, 0.15) is 37.5 Å². The van der Waals surface area contributed by atoms with Crippen LogP contribution in [-0.2, 0) is 14.3 Å². The van der Waals surface area contributed by atoms with E-state index in [2.05, 4.69) is 0 Å². The van der Waals surface area contributed by atoms with Crippen LogP contribution in [0.3, 0.4) is 0 Å². The average Bonchev–Trinajstić information content (AvgIpc) is 3.08. The quantitative estimate of drug-likeness (QED) is 0.307. The highest BCUT2D eigenvalue weighted by molar-refractivity contribution is 14.1. The summed E-state index contributed by atoms with van der Waals surface area (Å²) in [5.74, 6) is -3.54. The summed E-state index contributed by atoms with van der Waals surface area (Å²) < 4.78 is 16.4. The Morgan fingerprint density at radius 2 is 1.69 bits per heavy atom. The molecule has 0 aliphatic carbocycles. The van der Waals surface area contributed by atoms with E-state index in [0.717, 1.165) is 0 Å². The molecule has 1 N–H and O–H groups in total. The van der Waals surface area contributed by atoms with Gasteiger partial charge in [0.1, 0.15) is 18.3 Å². The lowest BCUT2D eigenvalue weighted by molar-refractivity contribution is -0.137. The Kier molecular flexibility index (Phi) is 6.72. The van der Waals surface area contributed by atoms with E-state index >= 15 is 0 Å². The lowest BCUT2D eigenvalue weighted by Crippen LogP contribution is -2.22. The predicted octanol–water partition coefficient (Wildman–Crippen LogP) is 3.29. The molecule has 0 radical (unpaired) electrons. The van der Waals surface area contributed by atoms with Crippen LogP contribution in [0, 0.1) is 7.14 Å². The summed E-state index contributed by atoms with van der Waals surface area (Å²) in [7, 11) is 0. The molecule has 0 spiro atoms. The second-order valence-electron chi connectivity index (χ2n) is 5.92. The molecule has 2 aromatic rings. The first-order chi connectivity index (χ1) is 13.8. The van der Waals surface area contributed by atoms with Gasteiger partial charge >= 0.3 is 23.9 Å². The second kappa shape index (κ2) is 9.07. The van der Waals surface area contributed by atoms with E-state index in [1.54, 1.807) is 12.1 Å². The Labute approximate surface area is 191 Å². The lowest BCUT2D eigenvalue weighted by atomic mass is 10.1. The number of cyclic esters (lactones) is 1. The van der Waals surface area contributed by atoms with Crippen molar-refractivity contribution in [2.75, 3.05) is 6.61 Å². The molecular weight excluding hydrogens is 610 g/mol. The number of hydrogen-bond donors (Lipinski definition) is 1. The number of aromatic carboxylic acids is 1. The van der Waals surface area contributed by atoms with E-state index in [0.29, 0.717) is 7.14 Å². The van der Waals surface area contributed by atoms with Gasteiger partial charge in [-0.1, -0.05) is 12.1 Å². The minimum Gasteiger partial charge on any atom is -0.478 e. The topological polar surface area (TPSA) is 116 Å². The van der Waals surface area contributed by atoms with E-state index in [4.69, 9.17) is 14.2 Å². The molecule has 1 unspecified atom stereocenters. The van der Waals surface area contributed by atoms with E-state index in [9.17, 15) is 24.3 Å². The summed E-state index contributed by atoms with van der Waals surface area (Å²) in [6, 6.07) is 8.87. The van der Waals surface area contributed by atoms with Crippen LogP contribution in [0.2, 0.25) is 0 Å². The van der Waals surface area contributed by atoms with Gasteiger partial charge in [0.05, 0.1) is 21.1 Å². The van der Waals surface area contributed by atoms with E-state index in [-0.39, 0.29) is 35.5 Å². The largest absolute Gasteiger partial charge is 0.478 e. The van der Waals surface area contributed by atoms with Crippen molar-refractivity contribution in [3.63, 3.8) is 0 Å². The highest BCUT2D eigenvalue weighted by Crippen LogP contribution is 2.29. The maximum absolute atomic E-state index is 12.7. The fourth-order valence-electron chi connectivity index (χ4n) is 2.59. The van der Waals surface area contributed by atoms with E-state index in [1.165, 1.54) is 24.3 Å². The Bertz CT molecular complexity index is 1020. The molecule has 2 aromatic carbocycles. The number of rotatable bonds is 5. The maximum atomic E-state index is 12.7. The van der Waals surface area contributed by atoms with Crippen LogP contribution in [0.15, 0.2) is 36.4 Å². The Balaban J connectivity index is 1.87. The lowest BCUT2D eigenvalue weighted by Gasteiger charge is -2.13. The van der Waals surface area contributed by atoms with Gasteiger partial charge < -0.3 is 19.3 Å². The summed E-state index contributed by atoms with van der Waals surface area (Å²) >= 11 is 3.83. The molecule has 150 valence electrons.